The van der Waals surface area contributed by atoms with Crippen molar-refractivity contribution in [3.05, 3.63) is 11.8 Å². The van der Waals surface area contributed by atoms with Gasteiger partial charge in [0, 0.05) is 5.56 Å². The molecule has 0 spiro atoms. The molecule has 1 amide bonds. The van der Waals surface area contributed by atoms with Crippen LogP contribution in [0.5, 0.6) is 0 Å². The van der Waals surface area contributed by atoms with Crippen molar-refractivity contribution < 1.29 is 9.32 Å². The maximum absolute atomic E-state index is 10.8. The van der Waals surface area contributed by atoms with Gasteiger partial charge in [0.2, 0.25) is 5.91 Å². The summed E-state index contributed by atoms with van der Waals surface area (Å²) < 4.78 is 4.61. The fourth-order valence-corrected chi connectivity index (χ4v) is 0.713. The van der Waals surface area contributed by atoms with E-state index in [1.165, 1.54) is 6.26 Å². The van der Waals surface area contributed by atoms with Crippen molar-refractivity contribution in [1.29, 1.82) is 0 Å². The van der Waals surface area contributed by atoms with Gasteiger partial charge in [0.15, 0.2) is 5.82 Å². The lowest BCUT2D eigenvalue weighted by Gasteiger charge is -1.96. The van der Waals surface area contributed by atoms with Crippen LogP contribution in [0.25, 0.3) is 0 Å². The molecule has 0 aliphatic rings. The van der Waals surface area contributed by atoms with E-state index >= 15 is 0 Å². The average molecular weight is 219 g/mol. The van der Waals surface area contributed by atoms with E-state index < -0.39 is 0 Å². The zero-order valence-electron chi connectivity index (χ0n) is 5.93. The SMILES string of the molecule is Cc1conc1NC(=O)CBr. The predicted octanol–water partition coefficient (Wildman–Crippen LogP) is 1.32. The largest absolute Gasteiger partial charge is 0.362 e. The van der Waals surface area contributed by atoms with Gasteiger partial charge < -0.3 is 9.84 Å². The number of nitrogens with one attached hydrogen (secondary N) is 1. The number of alkyl halides is 1. The number of aryl methyl sites for hydroxylation is 1. The molecule has 4 nitrogen and oxygen atoms in total. The Balaban J connectivity index is 2.64. The third-order valence-corrected chi connectivity index (χ3v) is 1.64. The van der Waals surface area contributed by atoms with Gasteiger partial charge in [-0.3, -0.25) is 4.79 Å². The zero-order chi connectivity index (χ0) is 8.27. The summed E-state index contributed by atoms with van der Waals surface area (Å²) in [5.74, 6) is 0.344. The minimum atomic E-state index is -0.137. The van der Waals surface area contributed by atoms with Crippen molar-refractivity contribution in [2.24, 2.45) is 0 Å². The highest BCUT2D eigenvalue weighted by Gasteiger charge is 2.05. The standard InChI is InChI=1S/C6H7BrN2O2/c1-4-3-11-9-6(4)8-5(10)2-7/h3H,2H2,1H3,(H,8,9,10). The fourth-order valence-electron chi connectivity index (χ4n) is 0.573. The van der Waals surface area contributed by atoms with Crippen molar-refractivity contribution in [2.45, 2.75) is 6.92 Å². The molecule has 0 radical (unpaired) electrons. The van der Waals surface area contributed by atoms with Gasteiger partial charge in [0.05, 0.1) is 5.33 Å². The van der Waals surface area contributed by atoms with Crippen molar-refractivity contribution in [3.8, 4) is 0 Å². The highest BCUT2D eigenvalue weighted by atomic mass is 79.9. The Morgan fingerprint density at radius 2 is 2.64 bits per heavy atom. The maximum Gasteiger partial charge on any atom is 0.236 e. The first-order valence-electron chi connectivity index (χ1n) is 3.01. The van der Waals surface area contributed by atoms with Crippen LogP contribution in [0.2, 0.25) is 0 Å². The van der Waals surface area contributed by atoms with Gasteiger partial charge in [-0.25, -0.2) is 0 Å². The summed E-state index contributed by atoms with van der Waals surface area (Å²) in [5.41, 5.74) is 0.819. The van der Waals surface area contributed by atoms with E-state index in [1.54, 1.807) is 6.92 Å². The van der Waals surface area contributed by atoms with Crippen LogP contribution in [0.1, 0.15) is 5.56 Å². The molecule has 1 aromatic rings. The highest BCUT2D eigenvalue weighted by Crippen LogP contribution is 2.10. The topological polar surface area (TPSA) is 55.1 Å². The lowest BCUT2D eigenvalue weighted by Crippen LogP contribution is -2.13. The summed E-state index contributed by atoms with van der Waals surface area (Å²) in [5, 5.41) is 6.39. The highest BCUT2D eigenvalue weighted by molar-refractivity contribution is 9.09. The molecule has 0 saturated carbocycles. The van der Waals surface area contributed by atoms with Gasteiger partial charge in [0.1, 0.15) is 6.26 Å². The van der Waals surface area contributed by atoms with Crippen LogP contribution in [-0.4, -0.2) is 16.4 Å². The first kappa shape index (κ1) is 8.26. The second-order valence-corrected chi connectivity index (χ2v) is 2.59. The first-order valence-corrected chi connectivity index (χ1v) is 4.13. The number of nitrogens with zero attached hydrogens (tertiary/aromatic N) is 1. The Hall–Kier alpha value is -0.840. The minimum Gasteiger partial charge on any atom is -0.362 e. The van der Waals surface area contributed by atoms with E-state index in [0.29, 0.717) is 5.82 Å². The molecular weight excluding hydrogens is 212 g/mol. The number of rotatable bonds is 2. The number of amides is 1. The number of hydrogen-bond donors (Lipinski definition) is 1. The predicted molar refractivity (Wildman–Crippen MR) is 43.7 cm³/mol. The monoisotopic (exact) mass is 218 g/mol. The number of aromatic nitrogens is 1. The Bertz CT molecular complexity index is 259. The van der Waals surface area contributed by atoms with Gasteiger partial charge in [-0.2, -0.15) is 0 Å². The van der Waals surface area contributed by atoms with Crippen molar-refractivity contribution in [3.63, 3.8) is 0 Å². The van der Waals surface area contributed by atoms with Gasteiger partial charge in [0.25, 0.3) is 0 Å². The molecular formula is C6H7BrN2O2. The quantitative estimate of drug-likeness (QED) is 0.763. The molecule has 0 aromatic carbocycles. The van der Waals surface area contributed by atoms with E-state index in [1.807, 2.05) is 0 Å². The number of carbonyl (C=O) groups excluding carboxylic acids is 1. The Labute approximate surface area is 72.1 Å². The van der Waals surface area contributed by atoms with Crippen molar-refractivity contribution in [1.82, 2.24) is 5.16 Å². The van der Waals surface area contributed by atoms with Crippen LogP contribution in [-0.2, 0) is 4.79 Å². The number of carbonyl (C=O) groups is 1. The second-order valence-electron chi connectivity index (χ2n) is 2.03. The van der Waals surface area contributed by atoms with Gasteiger partial charge in [-0.1, -0.05) is 21.1 Å². The second kappa shape index (κ2) is 3.52. The number of hydrogen-bond acceptors (Lipinski definition) is 3. The minimum absolute atomic E-state index is 0.137. The van der Waals surface area contributed by atoms with Crippen LogP contribution in [0, 0.1) is 6.92 Å². The molecule has 0 atom stereocenters. The van der Waals surface area contributed by atoms with Crippen LogP contribution in [0.4, 0.5) is 5.82 Å². The molecule has 11 heavy (non-hydrogen) atoms. The normalized spacial score (nSPS) is 9.64. The summed E-state index contributed by atoms with van der Waals surface area (Å²) in [6, 6.07) is 0. The van der Waals surface area contributed by atoms with E-state index in [0.717, 1.165) is 5.56 Å². The molecule has 0 aliphatic carbocycles. The van der Waals surface area contributed by atoms with Crippen molar-refractivity contribution in [2.75, 3.05) is 10.6 Å². The molecule has 60 valence electrons. The third-order valence-electron chi connectivity index (χ3n) is 1.13. The van der Waals surface area contributed by atoms with Gasteiger partial charge in [-0.05, 0) is 6.92 Å². The lowest BCUT2D eigenvalue weighted by molar-refractivity contribution is -0.113. The maximum atomic E-state index is 10.8. The van der Waals surface area contributed by atoms with Crippen LogP contribution in [0.3, 0.4) is 0 Å². The third kappa shape index (κ3) is 2.04. The summed E-state index contributed by atoms with van der Waals surface area (Å²) in [4.78, 5) is 10.8. The Kier molecular flexibility index (Phi) is 2.64. The molecule has 5 heteroatoms. The molecule has 0 saturated heterocycles. The molecule has 1 rings (SSSR count). The van der Waals surface area contributed by atoms with Crippen LogP contribution < -0.4 is 5.32 Å². The number of halogens is 1. The molecule has 0 fully saturated rings. The lowest BCUT2D eigenvalue weighted by atomic mass is 10.4. The van der Waals surface area contributed by atoms with Gasteiger partial charge >= 0.3 is 0 Å². The van der Waals surface area contributed by atoms with Gasteiger partial charge in [-0.15, -0.1) is 0 Å². The van der Waals surface area contributed by atoms with E-state index in [-0.39, 0.29) is 11.2 Å². The van der Waals surface area contributed by atoms with Crippen molar-refractivity contribution >= 4 is 27.7 Å². The summed E-state index contributed by atoms with van der Waals surface area (Å²) in [6.45, 7) is 1.81. The van der Waals surface area contributed by atoms with E-state index in [2.05, 4.69) is 30.9 Å². The summed E-state index contributed by atoms with van der Waals surface area (Å²) in [7, 11) is 0. The van der Waals surface area contributed by atoms with Crippen LogP contribution in [0.15, 0.2) is 10.8 Å². The first-order chi connectivity index (χ1) is 5.24. The molecule has 1 heterocycles. The fraction of sp³-hybridized carbons (Fsp3) is 0.333. The van der Waals surface area contributed by atoms with E-state index in [9.17, 15) is 4.79 Å². The Morgan fingerprint density at radius 1 is 1.91 bits per heavy atom. The molecule has 1 aromatic heterocycles. The van der Waals surface area contributed by atoms with E-state index in [4.69, 9.17) is 0 Å². The molecule has 1 N–H and O–H groups in total. The summed E-state index contributed by atoms with van der Waals surface area (Å²) in [6.07, 6.45) is 1.48. The van der Waals surface area contributed by atoms with Crippen LogP contribution >= 0.6 is 15.9 Å². The molecule has 0 aliphatic heterocycles. The smallest absolute Gasteiger partial charge is 0.236 e. The zero-order valence-corrected chi connectivity index (χ0v) is 7.51. The average Bonchev–Trinajstić information content (AvgIpc) is 2.37. The summed E-state index contributed by atoms with van der Waals surface area (Å²) >= 11 is 3.01. The Morgan fingerprint density at radius 3 is 3.09 bits per heavy atom. The number of anilines is 1. The molecule has 0 bridgehead atoms. The molecule has 0 unspecified atom stereocenters.